The lowest BCUT2D eigenvalue weighted by molar-refractivity contribution is 0.0919. The van der Waals surface area contributed by atoms with E-state index in [4.69, 9.17) is 4.74 Å². The summed E-state index contributed by atoms with van der Waals surface area (Å²) in [5.74, 6) is 0.237. The smallest absolute Gasteiger partial charge is 0.410 e. The van der Waals surface area contributed by atoms with Gasteiger partial charge in [0.1, 0.15) is 0 Å². The molecule has 124 valence electrons. The van der Waals surface area contributed by atoms with E-state index in [0.717, 1.165) is 26.1 Å². The lowest BCUT2D eigenvalue weighted by Crippen LogP contribution is -2.43. The molecule has 0 aliphatic carbocycles. The number of hydrogen-bond acceptors (Lipinski definition) is 5. The Hall–Kier alpha value is -0.820. The third-order valence-electron chi connectivity index (χ3n) is 3.92. The van der Waals surface area contributed by atoms with E-state index in [0.29, 0.717) is 19.6 Å². The highest BCUT2D eigenvalue weighted by Gasteiger charge is 2.35. The number of ether oxygens (including phenoxy) is 1. The zero-order valence-electron chi connectivity index (χ0n) is 13.4. The first-order chi connectivity index (χ1) is 9.93. The average molecular weight is 320 g/mol. The van der Waals surface area contributed by atoms with Crippen molar-refractivity contribution in [3.8, 4) is 0 Å². The van der Waals surface area contributed by atoms with Gasteiger partial charge in [-0.3, -0.25) is 0 Å². The Morgan fingerprint density at radius 1 is 1.19 bits per heavy atom. The molecule has 0 aromatic rings. The number of nitrogens with zero attached hydrogens (tertiary/aromatic N) is 2. The zero-order chi connectivity index (χ0) is 15.9. The predicted octanol–water partition coefficient (Wildman–Crippen LogP) is 1.36. The quantitative estimate of drug-likeness (QED) is 0.675. The van der Waals surface area contributed by atoms with E-state index < -0.39 is 9.84 Å². The van der Waals surface area contributed by atoms with Crippen molar-refractivity contribution in [2.24, 2.45) is 0 Å². The molecule has 1 aliphatic heterocycles. The van der Waals surface area contributed by atoms with E-state index in [-0.39, 0.29) is 23.6 Å². The van der Waals surface area contributed by atoms with Crippen LogP contribution in [-0.4, -0.2) is 74.6 Å². The minimum atomic E-state index is -3.00. The summed E-state index contributed by atoms with van der Waals surface area (Å²) < 4.78 is 28.3. The Labute approximate surface area is 128 Å². The molecule has 1 atom stereocenters. The molecule has 1 saturated heterocycles. The van der Waals surface area contributed by atoms with Crippen LogP contribution in [0, 0.1) is 0 Å². The van der Waals surface area contributed by atoms with E-state index in [1.807, 2.05) is 0 Å². The standard InChI is InChI=1S/C14H28N2O4S/c1-4-15(5-2)9-7-10-16(14(17)20-6-3)13-8-11-21(18,19)12-13/h13H,4-12H2,1-3H3. The van der Waals surface area contributed by atoms with E-state index in [1.165, 1.54) is 0 Å². The molecule has 0 spiro atoms. The van der Waals surface area contributed by atoms with Gasteiger partial charge in [0.25, 0.3) is 0 Å². The second kappa shape index (κ2) is 8.58. The van der Waals surface area contributed by atoms with Crippen LogP contribution in [0.2, 0.25) is 0 Å². The van der Waals surface area contributed by atoms with Gasteiger partial charge in [-0.1, -0.05) is 13.8 Å². The van der Waals surface area contributed by atoms with E-state index >= 15 is 0 Å². The summed E-state index contributed by atoms with van der Waals surface area (Å²) in [7, 11) is -3.00. The van der Waals surface area contributed by atoms with Crippen LogP contribution in [-0.2, 0) is 14.6 Å². The van der Waals surface area contributed by atoms with Crippen molar-refractivity contribution in [1.82, 2.24) is 9.80 Å². The summed E-state index contributed by atoms with van der Waals surface area (Å²) in [5.41, 5.74) is 0. The molecule has 0 bridgehead atoms. The Balaban J connectivity index is 2.59. The van der Waals surface area contributed by atoms with Crippen LogP contribution in [0.25, 0.3) is 0 Å². The fourth-order valence-electron chi connectivity index (χ4n) is 2.66. The van der Waals surface area contributed by atoms with Crippen LogP contribution in [0.4, 0.5) is 4.79 Å². The molecule has 0 aromatic heterocycles. The fraction of sp³-hybridized carbons (Fsp3) is 0.929. The highest BCUT2D eigenvalue weighted by Crippen LogP contribution is 2.19. The lowest BCUT2D eigenvalue weighted by atomic mass is 10.2. The monoisotopic (exact) mass is 320 g/mol. The summed E-state index contributed by atoms with van der Waals surface area (Å²) in [4.78, 5) is 15.9. The molecule has 1 amide bonds. The van der Waals surface area contributed by atoms with Gasteiger partial charge in [-0.25, -0.2) is 13.2 Å². The van der Waals surface area contributed by atoms with Gasteiger partial charge in [-0.05, 0) is 39.4 Å². The van der Waals surface area contributed by atoms with Crippen molar-refractivity contribution in [1.29, 1.82) is 0 Å². The van der Waals surface area contributed by atoms with Crippen molar-refractivity contribution in [3.05, 3.63) is 0 Å². The SMILES string of the molecule is CCOC(=O)N(CCCN(CC)CC)C1CCS(=O)(=O)C1. The van der Waals surface area contributed by atoms with Crippen molar-refractivity contribution in [2.75, 3.05) is 44.3 Å². The molecule has 0 aromatic carbocycles. The third kappa shape index (κ3) is 5.82. The number of sulfone groups is 1. The first-order valence-electron chi connectivity index (χ1n) is 7.79. The first-order valence-corrected chi connectivity index (χ1v) is 9.61. The highest BCUT2D eigenvalue weighted by atomic mass is 32.2. The van der Waals surface area contributed by atoms with Crippen LogP contribution in [0.5, 0.6) is 0 Å². The van der Waals surface area contributed by atoms with Crippen LogP contribution >= 0.6 is 0 Å². The van der Waals surface area contributed by atoms with Crippen LogP contribution in [0.3, 0.4) is 0 Å². The number of amides is 1. The largest absolute Gasteiger partial charge is 0.450 e. The van der Waals surface area contributed by atoms with Gasteiger partial charge >= 0.3 is 6.09 Å². The third-order valence-corrected chi connectivity index (χ3v) is 5.67. The normalized spacial score (nSPS) is 20.7. The van der Waals surface area contributed by atoms with Crippen LogP contribution in [0.15, 0.2) is 0 Å². The van der Waals surface area contributed by atoms with Gasteiger partial charge in [0.05, 0.1) is 18.1 Å². The number of rotatable bonds is 8. The van der Waals surface area contributed by atoms with Crippen LogP contribution in [0.1, 0.15) is 33.6 Å². The van der Waals surface area contributed by atoms with Crippen molar-refractivity contribution in [2.45, 2.75) is 39.7 Å². The maximum absolute atomic E-state index is 12.1. The van der Waals surface area contributed by atoms with E-state index in [9.17, 15) is 13.2 Å². The molecule has 1 unspecified atom stereocenters. The average Bonchev–Trinajstić information content (AvgIpc) is 2.79. The number of hydrogen-bond donors (Lipinski definition) is 0. The topological polar surface area (TPSA) is 66.9 Å². The minimum Gasteiger partial charge on any atom is -0.450 e. The molecular weight excluding hydrogens is 292 g/mol. The van der Waals surface area contributed by atoms with Gasteiger partial charge in [0.2, 0.25) is 0 Å². The summed E-state index contributed by atoms with van der Waals surface area (Å²) in [6.07, 6.45) is 0.961. The second-order valence-corrected chi connectivity index (χ2v) is 7.56. The van der Waals surface area contributed by atoms with E-state index in [2.05, 4.69) is 18.7 Å². The first kappa shape index (κ1) is 18.2. The maximum Gasteiger partial charge on any atom is 0.410 e. The summed E-state index contributed by atoms with van der Waals surface area (Å²) in [5, 5.41) is 0. The number of carbonyl (C=O) groups excluding carboxylic acids is 1. The Bertz CT molecular complexity index is 421. The molecule has 1 heterocycles. The van der Waals surface area contributed by atoms with Gasteiger partial charge in [0.15, 0.2) is 9.84 Å². The maximum atomic E-state index is 12.1. The molecule has 0 saturated carbocycles. The van der Waals surface area contributed by atoms with Crippen LogP contribution < -0.4 is 0 Å². The predicted molar refractivity (Wildman–Crippen MR) is 83.2 cm³/mol. The Kier molecular flexibility index (Phi) is 7.45. The Morgan fingerprint density at radius 3 is 2.33 bits per heavy atom. The summed E-state index contributed by atoms with van der Waals surface area (Å²) in [6.45, 7) is 9.70. The molecule has 6 nitrogen and oxygen atoms in total. The van der Waals surface area contributed by atoms with Gasteiger partial charge in [-0.15, -0.1) is 0 Å². The fourth-order valence-corrected chi connectivity index (χ4v) is 4.39. The van der Waals surface area contributed by atoms with Crippen molar-refractivity contribution < 1.29 is 17.9 Å². The molecule has 0 N–H and O–H groups in total. The van der Waals surface area contributed by atoms with Crippen molar-refractivity contribution >= 4 is 15.9 Å². The highest BCUT2D eigenvalue weighted by molar-refractivity contribution is 7.91. The second-order valence-electron chi connectivity index (χ2n) is 5.33. The lowest BCUT2D eigenvalue weighted by Gasteiger charge is -2.28. The molecule has 1 aliphatic rings. The molecular formula is C14H28N2O4S. The zero-order valence-corrected chi connectivity index (χ0v) is 14.2. The van der Waals surface area contributed by atoms with Gasteiger partial charge < -0.3 is 14.5 Å². The molecule has 1 fully saturated rings. The van der Waals surface area contributed by atoms with Crippen molar-refractivity contribution in [3.63, 3.8) is 0 Å². The van der Waals surface area contributed by atoms with Gasteiger partial charge in [-0.2, -0.15) is 0 Å². The molecule has 7 heteroatoms. The minimum absolute atomic E-state index is 0.0666. The summed E-state index contributed by atoms with van der Waals surface area (Å²) in [6, 6.07) is -0.231. The molecule has 0 radical (unpaired) electrons. The summed E-state index contributed by atoms with van der Waals surface area (Å²) >= 11 is 0. The number of carbonyl (C=O) groups is 1. The van der Waals surface area contributed by atoms with Gasteiger partial charge in [0, 0.05) is 12.6 Å². The molecule has 1 rings (SSSR count). The molecule has 21 heavy (non-hydrogen) atoms. The Morgan fingerprint density at radius 2 is 1.86 bits per heavy atom. The van der Waals surface area contributed by atoms with E-state index in [1.54, 1.807) is 11.8 Å².